The summed E-state index contributed by atoms with van der Waals surface area (Å²) in [6, 6.07) is 97.3. The van der Waals surface area contributed by atoms with Crippen molar-refractivity contribution < 1.29 is 0 Å². The van der Waals surface area contributed by atoms with E-state index in [0.717, 1.165) is 17.1 Å². The van der Waals surface area contributed by atoms with Crippen LogP contribution in [0.4, 0.5) is 17.1 Å². The molecule has 2 heteroatoms. The Morgan fingerprint density at radius 1 is 0.292 bits per heavy atom. The van der Waals surface area contributed by atoms with E-state index in [1.54, 1.807) is 0 Å². The summed E-state index contributed by atoms with van der Waals surface area (Å²) in [5.41, 5.74) is 23.0. The van der Waals surface area contributed by atoms with Gasteiger partial charge in [0.2, 0.25) is 0 Å². The van der Waals surface area contributed by atoms with Gasteiger partial charge in [0.25, 0.3) is 0 Å². The van der Waals surface area contributed by atoms with Crippen LogP contribution < -0.4 is 4.90 Å². The number of benzene rings is 11. The van der Waals surface area contributed by atoms with Crippen LogP contribution in [0.2, 0.25) is 0 Å². The highest BCUT2D eigenvalue weighted by molar-refractivity contribution is 7.25. The molecule has 0 radical (unpaired) electrons. The number of nitrogens with zero attached hydrogens (tertiary/aromatic N) is 1. The first-order valence-corrected chi connectivity index (χ1v) is 25.9. The quantitative estimate of drug-likeness (QED) is 0.147. The third kappa shape index (κ3) is 6.53. The van der Waals surface area contributed by atoms with Crippen LogP contribution in [-0.4, -0.2) is 0 Å². The smallest absolute Gasteiger partial charge is 0.0713 e. The Bertz CT molecular complexity index is 4000. The van der Waals surface area contributed by atoms with E-state index >= 15 is 0 Å². The monoisotopic (exact) mass is 935 g/mol. The number of anilines is 3. The molecule has 1 aromatic heterocycles. The molecule has 0 spiro atoms. The lowest BCUT2D eigenvalue weighted by atomic mass is 9.68. The fourth-order valence-corrected chi connectivity index (χ4v) is 13.3. The van der Waals surface area contributed by atoms with E-state index in [1.165, 1.54) is 109 Å². The number of hydrogen-bond acceptors (Lipinski definition) is 2. The Morgan fingerprint density at radius 3 is 1.47 bits per heavy atom. The van der Waals surface area contributed by atoms with Crippen molar-refractivity contribution >= 4 is 48.6 Å². The fourth-order valence-electron chi connectivity index (χ4n) is 12.3. The second-order valence-corrected chi connectivity index (χ2v) is 21.1. The van der Waals surface area contributed by atoms with Gasteiger partial charge in [-0.2, -0.15) is 0 Å². The lowest BCUT2D eigenvalue weighted by Crippen LogP contribution is -2.28. The maximum atomic E-state index is 2.48. The summed E-state index contributed by atoms with van der Waals surface area (Å²) in [6.07, 6.45) is 0. The Balaban J connectivity index is 0.903. The van der Waals surface area contributed by atoms with E-state index < -0.39 is 5.41 Å². The molecule has 0 unspecified atom stereocenters. The first-order chi connectivity index (χ1) is 35.4. The SMILES string of the molecule is CC1(C)c2cc(-c3ccc(-c4ccccc4)cc3)ccc2-c2ccc(N(c3ccc(-c4ccc5sc6ccccc6c5c4)cc3)c3ccc4c(c3)-c3ccccc3C4(c3ccccc3)c3ccccc3)cc21. The molecule has 0 bridgehead atoms. The summed E-state index contributed by atoms with van der Waals surface area (Å²) < 4.78 is 2.65. The molecule has 1 heterocycles. The minimum Gasteiger partial charge on any atom is -0.310 e. The van der Waals surface area contributed by atoms with E-state index in [0.29, 0.717) is 0 Å². The van der Waals surface area contributed by atoms with Crippen molar-refractivity contribution in [2.24, 2.45) is 0 Å². The zero-order valence-corrected chi connectivity index (χ0v) is 41.0. The van der Waals surface area contributed by atoms with Crippen LogP contribution in [0.15, 0.2) is 261 Å². The van der Waals surface area contributed by atoms with Gasteiger partial charge in [-0.25, -0.2) is 0 Å². The molecular formula is C70H49NS. The molecule has 0 saturated heterocycles. The summed E-state index contributed by atoms with van der Waals surface area (Å²) in [6.45, 7) is 4.80. The lowest BCUT2D eigenvalue weighted by molar-refractivity contribution is 0.660. The second-order valence-electron chi connectivity index (χ2n) is 20.0. The number of thiophene rings is 1. The van der Waals surface area contributed by atoms with Gasteiger partial charge in [-0.3, -0.25) is 0 Å². The minimum atomic E-state index is -0.472. The normalized spacial score (nSPS) is 13.6. The predicted octanol–water partition coefficient (Wildman–Crippen LogP) is 19.2. The van der Waals surface area contributed by atoms with Crippen molar-refractivity contribution in [1.29, 1.82) is 0 Å². The van der Waals surface area contributed by atoms with E-state index in [-0.39, 0.29) is 5.41 Å². The topological polar surface area (TPSA) is 3.24 Å². The Labute approximate surface area is 425 Å². The molecule has 1 nitrogen and oxygen atoms in total. The van der Waals surface area contributed by atoms with Crippen LogP contribution in [0.25, 0.3) is 75.8 Å². The highest BCUT2D eigenvalue weighted by Crippen LogP contribution is 2.58. The number of rotatable bonds is 8. The maximum Gasteiger partial charge on any atom is 0.0713 e. The molecule has 0 fully saturated rings. The molecule has 72 heavy (non-hydrogen) atoms. The van der Waals surface area contributed by atoms with E-state index in [1.807, 2.05) is 11.3 Å². The molecular weight excluding hydrogens is 887 g/mol. The summed E-state index contributed by atoms with van der Waals surface area (Å²) in [4.78, 5) is 2.48. The van der Waals surface area contributed by atoms with Crippen molar-refractivity contribution in [3.8, 4) is 55.6 Å². The number of fused-ring (bicyclic) bond motifs is 9. The molecule has 2 aliphatic rings. The summed E-state index contributed by atoms with van der Waals surface area (Å²) in [5, 5.41) is 2.63. The van der Waals surface area contributed by atoms with Gasteiger partial charge in [0, 0.05) is 42.6 Å². The van der Waals surface area contributed by atoms with Crippen LogP contribution in [0.1, 0.15) is 47.2 Å². The van der Waals surface area contributed by atoms with Gasteiger partial charge in [-0.15, -0.1) is 11.3 Å². The van der Waals surface area contributed by atoms with Crippen LogP contribution in [0, 0.1) is 0 Å². The molecule has 0 atom stereocenters. The van der Waals surface area contributed by atoms with Crippen LogP contribution in [0.3, 0.4) is 0 Å². The zero-order chi connectivity index (χ0) is 48.0. The zero-order valence-electron chi connectivity index (χ0n) is 40.2. The van der Waals surface area contributed by atoms with Crippen molar-refractivity contribution in [1.82, 2.24) is 0 Å². The molecule has 0 saturated carbocycles. The van der Waals surface area contributed by atoms with Crippen LogP contribution >= 0.6 is 11.3 Å². The summed E-state index contributed by atoms with van der Waals surface area (Å²) >= 11 is 1.87. The molecule has 11 aromatic carbocycles. The van der Waals surface area contributed by atoms with Crippen molar-refractivity contribution in [2.75, 3.05) is 4.90 Å². The predicted molar refractivity (Wildman–Crippen MR) is 305 cm³/mol. The highest BCUT2D eigenvalue weighted by atomic mass is 32.1. The van der Waals surface area contributed by atoms with Gasteiger partial charge in [0.05, 0.1) is 5.41 Å². The van der Waals surface area contributed by atoms with Crippen molar-refractivity contribution in [2.45, 2.75) is 24.7 Å². The Hall–Kier alpha value is -8.56. The third-order valence-electron chi connectivity index (χ3n) is 15.8. The molecule has 340 valence electrons. The molecule has 12 aromatic rings. The first kappa shape index (κ1) is 42.3. The molecule has 0 N–H and O–H groups in total. The maximum absolute atomic E-state index is 2.48. The van der Waals surface area contributed by atoms with Gasteiger partial charge < -0.3 is 4.90 Å². The highest BCUT2D eigenvalue weighted by Gasteiger charge is 2.46. The average Bonchev–Trinajstić information content (AvgIpc) is 4.04. The van der Waals surface area contributed by atoms with Crippen LogP contribution in [-0.2, 0) is 10.8 Å². The second kappa shape index (κ2) is 16.5. The Morgan fingerprint density at radius 2 is 0.750 bits per heavy atom. The molecule has 0 amide bonds. The lowest BCUT2D eigenvalue weighted by Gasteiger charge is -2.34. The van der Waals surface area contributed by atoms with Gasteiger partial charge >= 0.3 is 0 Å². The average molecular weight is 936 g/mol. The largest absolute Gasteiger partial charge is 0.310 e. The summed E-state index contributed by atoms with van der Waals surface area (Å²) in [7, 11) is 0. The molecule has 2 aliphatic carbocycles. The molecule has 0 aliphatic heterocycles. The van der Waals surface area contributed by atoms with Gasteiger partial charge in [-0.1, -0.05) is 214 Å². The van der Waals surface area contributed by atoms with E-state index in [2.05, 4.69) is 280 Å². The van der Waals surface area contributed by atoms with E-state index in [9.17, 15) is 0 Å². The van der Waals surface area contributed by atoms with Gasteiger partial charge in [0.1, 0.15) is 0 Å². The van der Waals surface area contributed by atoms with Crippen LogP contribution in [0.5, 0.6) is 0 Å². The molecule has 14 rings (SSSR count). The minimum absolute atomic E-state index is 0.234. The standard InChI is InChI=1S/C70H49NS/c1-69(2)65-43-51(48-28-26-47(27-29-48)46-16-6-3-7-17-46)32-38-58(65)59-39-36-56(45-66(59)69)71(54-34-30-49(31-35-54)50-33-41-68-62(42-50)60-23-13-15-25-67(60)72-68)55-37-40-64-61(44-55)57-22-12-14-24-63(57)70(64,52-18-8-4-9-19-52)53-20-10-5-11-21-53/h3-45H,1-2H3. The van der Waals surface area contributed by atoms with Gasteiger partial charge in [0.15, 0.2) is 0 Å². The number of hydrogen-bond donors (Lipinski definition) is 0. The summed E-state index contributed by atoms with van der Waals surface area (Å²) in [5.74, 6) is 0. The fraction of sp³-hybridized carbons (Fsp3) is 0.0571. The van der Waals surface area contributed by atoms with Crippen molar-refractivity contribution in [3.05, 3.63) is 294 Å². The van der Waals surface area contributed by atoms with Crippen molar-refractivity contribution in [3.63, 3.8) is 0 Å². The Kier molecular flexibility index (Phi) is 9.71. The first-order valence-electron chi connectivity index (χ1n) is 25.1. The third-order valence-corrected chi connectivity index (χ3v) is 16.9. The van der Waals surface area contributed by atoms with Gasteiger partial charge in [-0.05, 0) is 150 Å². The van der Waals surface area contributed by atoms with E-state index in [4.69, 9.17) is 0 Å².